The summed E-state index contributed by atoms with van der Waals surface area (Å²) in [6.45, 7) is 6.59. The van der Waals surface area contributed by atoms with E-state index in [9.17, 15) is 22.4 Å². The van der Waals surface area contributed by atoms with Crippen LogP contribution in [-0.2, 0) is 26.2 Å². The van der Waals surface area contributed by atoms with Crippen molar-refractivity contribution in [1.29, 1.82) is 0 Å². The van der Waals surface area contributed by atoms with Gasteiger partial charge in [0.2, 0.25) is 11.8 Å². The fraction of sp³-hybridized carbons (Fsp3) is 0.286. The third kappa shape index (κ3) is 6.74. The van der Waals surface area contributed by atoms with Gasteiger partial charge in [-0.05, 0) is 58.0 Å². The van der Waals surface area contributed by atoms with Crippen LogP contribution in [0.1, 0.15) is 30.5 Å². The quantitative estimate of drug-likeness (QED) is 0.430. The van der Waals surface area contributed by atoms with E-state index in [1.807, 2.05) is 13.8 Å². The highest BCUT2D eigenvalue weighted by molar-refractivity contribution is 7.92. The number of carbonyl (C=O) groups excluding carboxylic acids is 2. The summed E-state index contributed by atoms with van der Waals surface area (Å²) in [5.74, 6) is -1.58. The molecule has 0 saturated carbocycles. The number of nitrogens with one attached hydrogen (secondary N) is 1. The van der Waals surface area contributed by atoms with Crippen LogP contribution in [0.25, 0.3) is 0 Å². The minimum Gasteiger partial charge on any atom is -0.355 e. The molecule has 0 bridgehead atoms. The van der Waals surface area contributed by atoms with E-state index >= 15 is 0 Å². The molecule has 0 unspecified atom stereocenters. The van der Waals surface area contributed by atoms with E-state index in [1.54, 1.807) is 49.4 Å². The lowest BCUT2D eigenvalue weighted by Crippen LogP contribution is -2.51. The Morgan fingerprint density at radius 2 is 1.49 bits per heavy atom. The summed E-state index contributed by atoms with van der Waals surface area (Å²) >= 11 is 0. The van der Waals surface area contributed by atoms with E-state index < -0.39 is 40.2 Å². The smallest absolute Gasteiger partial charge is 0.264 e. The summed E-state index contributed by atoms with van der Waals surface area (Å²) in [4.78, 5) is 27.6. The molecular formula is C28H32FN3O4S. The Morgan fingerprint density at radius 3 is 2.05 bits per heavy atom. The maximum atomic E-state index is 14.5. The standard InChI is InChI=1S/C28H32FN3O4S/c1-5-30-28(34)22(4)31(18-23-8-6-7-9-26(23)29)27(33)19-32(24-14-10-20(2)11-15-24)37(35,36)25-16-12-21(3)13-17-25/h6-17,22H,5,18-19H2,1-4H3,(H,30,34)/t22-/m0/s1. The predicted molar refractivity (Wildman–Crippen MR) is 142 cm³/mol. The van der Waals surface area contributed by atoms with E-state index in [-0.39, 0.29) is 17.0 Å². The molecule has 37 heavy (non-hydrogen) atoms. The summed E-state index contributed by atoms with van der Waals surface area (Å²) < 4.78 is 43.0. The molecule has 0 radical (unpaired) electrons. The first-order valence-electron chi connectivity index (χ1n) is 12.0. The fourth-order valence-electron chi connectivity index (χ4n) is 3.79. The number of hydrogen-bond donors (Lipinski definition) is 1. The van der Waals surface area contributed by atoms with Gasteiger partial charge in [-0.15, -0.1) is 0 Å². The van der Waals surface area contributed by atoms with Crippen LogP contribution < -0.4 is 9.62 Å². The van der Waals surface area contributed by atoms with Gasteiger partial charge in [0.1, 0.15) is 18.4 Å². The van der Waals surface area contributed by atoms with Crippen LogP contribution in [0, 0.1) is 19.7 Å². The first-order chi connectivity index (χ1) is 17.5. The average molecular weight is 526 g/mol. The Labute approximate surface area is 218 Å². The predicted octanol–water partition coefficient (Wildman–Crippen LogP) is 4.19. The highest BCUT2D eigenvalue weighted by Gasteiger charge is 2.32. The van der Waals surface area contributed by atoms with Gasteiger partial charge in [-0.25, -0.2) is 12.8 Å². The average Bonchev–Trinajstić information content (AvgIpc) is 2.87. The molecule has 0 spiro atoms. The Balaban J connectivity index is 2.03. The first kappa shape index (κ1) is 27.9. The molecule has 1 atom stereocenters. The molecule has 0 aromatic heterocycles. The fourth-order valence-corrected chi connectivity index (χ4v) is 5.21. The third-order valence-corrected chi connectivity index (χ3v) is 7.81. The van der Waals surface area contributed by atoms with Gasteiger partial charge in [-0.2, -0.15) is 0 Å². The van der Waals surface area contributed by atoms with E-state index in [0.717, 1.165) is 15.4 Å². The van der Waals surface area contributed by atoms with Crippen LogP contribution in [0.15, 0.2) is 77.7 Å². The van der Waals surface area contributed by atoms with Crippen LogP contribution in [0.5, 0.6) is 0 Å². The summed E-state index contributed by atoms with van der Waals surface area (Å²) in [6, 6.07) is 18.1. The Hall–Kier alpha value is -3.72. The number of anilines is 1. The van der Waals surface area contributed by atoms with Gasteiger partial charge in [0, 0.05) is 18.7 Å². The third-order valence-electron chi connectivity index (χ3n) is 6.03. The zero-order valence-electron chi connectivity index (χ0n) is 21.4. The van der Waals surface area contributed by atoms with Crippen LogP contribution in [-0.4, -0.2) is 44.3 Å². The second-order valence-electron chi connectivity index (χ2n) is 8.84. The first-order valence-corrected chi connectivity index (χ1v) is 13.4. The molecule has 2 amide bonds. The normalized spacial score (nSPS) is 12.0. The monoisotopic (exact) mass is 525 g/mol. The van der Waals surface area contributed by atoms with Crippen LogP contribution >= 0.6 is 0 Å². The number of amides is 2. The lowest BCUT2D eigenvalue weighted by molar-refractivity contribution is -0.139. The van der Waals surface area contributed by atoms with E-state index in [1.165, 1.54) is 42.2 Å². The Bertz CT molecular complexity index is 1340. The van der Waals surface area contributed by atoms with E-state index in [4.69, 9.17) is 0 Å². The molecule has 3 rings (SSSR count). The van der Waals surface area contributed by atoms with Gasteiger partial charge in [0.15, 0.2) is 0 Å². The van der Waals surface area contributed by atoms with Gasteiger partial charge in [-0.3, -0.25) is 13.9 Å². The van der Waals surface area contributed by atoms with Gasteiger partial charge in [0.25, 0.3) is 10.0 Å². The molecule has 9 heteroatoms. The maximum absolute atomic E-state index is 14.5. The minimum absolute atomic E-state index is 0.0314. The second-order valence-corrected chi connectivity index (χ2v) is 10.7. The number of benzene rings is 3. The maximum Gasteiger partial charge on any atom is 0.264 e. The molecule has 3 aromatic carbocycles. The Kier molecular flexibility index (Phi) is 9.04. The van der Waals surface area contributed by atoms with Crippen molar-refractivity contribution in [2.45, 2.75) is 45.2 Å². The highest BCUT2D eigenvalue weighted by atomic mass is 32.2. The van der Waals surface area contributed by atoms with Crippen molar-refractivity contribution < 1.29 is 22.4 Å². The molecule has 7 nitrogen and oxygen atoms in total. The largest absolute Gasteiger partial charge is 0.355 e. The summed E-state index contributed by atoms with van der Waals surface area (Å²) in [7, 11) is -4.14. The number of halogens is 1. The van der Waals surface area contributed by atoms with Crippen molar-refractivity contribution in [1.82, 2.24) is 10.2 Å². The zero-order valence-corrected chi connectivity index (χ0v) is 22.3. The number of carbonyl (C=O) groups is 2. The molecule has 0 saturated heterocycles. The van der Waals surface area contributed by atoms with Gasteiger partial charge in [0.05, 0.1) is 10.6 Å². The molecule has 0 aliphatic rings. The van der Waals surface area contributed by atoms with Crippen molar-refractivity contribution >= 4 is 27.5 Å². The van der Waals surface area contributed by atoms with Gasteiger partial charge < -0.3 is 10.2 Å². The van der Waals surface area contributed by atoms with Gasteiger partial charge in [-0.1, -0.05) is 53.6 Å². The number of sulfonamides is 1. The number of aryl methyl sites for hydroxylation is 2. The van der Waals surface area contributed by atoms with Crippen molar-refractivity contribution in [3.8, 4) is 0 Å². The molecule has 0 aliphatic heterocycles. The topological polar surface area (TPSA) is 86.8 Å². The summed E-state index contributed by atoms with van der Waals surface area (Å²) in [5, 5.41) is 2.68. The Morgan fingerprint density at radius 1 is 0.919 bits per heavy atom. The van der Waals surface area contributed by atoms with Crippen LogP contribution in [0.2, 0.25) is 0 Å². The minimum atomic E-state index is -4.14. The lowest BCUT2D eigenvalue weighted by Gasteiger charge is -2.32. The van der Waals surface area contributed by atoms with Crippen molar-refractivity contribution in [2.75, 3.05) is 17.4 Å². The molecule has 0 heterocycles. The van der Waals surface area contributed by atoms with E-state index in [0.29, 0.717) is 12.2 Å². The van der Waals surface area contributed by atoms with Crippen LogP contribution in [0.4, 0.5) is 10.1 Å². The number of nitrogens with zero attached hydrogens (tertiary/aromatic N) is 2. The molecule has 196 valence electrons. The van der Waals surface area contributed by atoms with Crippen LogP contribution in [0.3, 0.4) is 0 Å². The molecular weight excluding hydrogens is 493 g/mol. The van der Waals surface area contributed by atoms with E-state index in [2.05, 4.69) is 5.32 Å². The highest BCUT2D eigenvalue weighted by Crippen LogP contribution is 2.25. The molecule has 0 aliphatic carbocycles. The van der Waals surface area contributed by atoms with Crippen molar-refractivity contribution in [3.05, 3.63) is 95.3 Å². The lowest BCUT2D eigenvalue weighted by atomic mass is 10.1. The van der Waals surface area contributed by atoms with Gasteiger partial charge >= 0.3 is 0 Å². The number of rotatable bonds is 10. The molecule has 0 fully saturated rings. The van der Waals surface area contributed by atoms with Crippen molar-refractivity contribution in [2.24, 2.45) is 0 Å². The molecule has 1 N–H and O–H groups in total. The number of hydrogen-bond acceptors (Lipinski definition) is 4. The zero-order chi connectivity index (χ0) is 27.2. The van der Waals surface area contributed by atoms with Crippen molar-refractivity contribution in [3.63, 3.8) is 0 Å². The summed E-state index contributed by atoms with van der Waals surface area (Å²) in [5.41, 5.74) is 2.34. The second kappa shape index (κ2) is 12.0. The summed E-state index contributed by atoms with van der Waals surface area (Å²) in [6.07, 6.45) is 0. The SMILES string of the molecule is CCNC(=O)[C@H](C)N(Cc1ccccc1F)C(=O)CN(c1ccc(C)cc1)S(=O)(=O)c1ccc(C)cc1. The number of likely N-dealkylation sites (N-methyl/N-ethyl adjacent to an activating group) is 1. The molecule has 3 aromatic rings.